The smallest absolute Gasteiger partial charge is 0.224 e. The maximum absolute atomic E-state index is 11.8. The van der Waals surface area contributed by atoms with E-state index in [0.29, 0.717) is 0 Å². The highest BCUT2D eigenvalue weighted by Crippen LogP contribution is 2.15. The standard InChI is InChI=1S/C10H20N2O3S/c1-7(6-16(3,14)15)12-10(13)9-4-5-11-8(9)2/h7-9,11H,4-6H2,1-3H3,(H,12,13). The zero-order valence-corrected chi connectivity index (χ0v) is 10.8. The fraction of sp³-hybridized carbons (Fsp3) is 0.900. The Balaban J connectivity index is 2.45. The molecule has 0 saturated carbocycles. The SMILES string of the molecule is CC(CS(C)(=O)=O)NC(=O)C1CCNC1C. The molecule has 3 atom stereocenters. The van der Waals surface area contributed by atoms with Crippen LogP contribution in [0.4, 0.5) is 0 Å². The minimum atomic E-state index is -3.04. The van der Waals surface area contributed by atoms with Crippen LogP contribution in [0.1, 0.15) is 20.3 Å². The average molecular weight is 248 g/mol. The largest absolute Gasteiger partial charge is 0.352 e. The molecule has 1 saturated heterocycles. The first-order valence-corrected chi connectivity index (χ1v) is 7.57. The van der Waals surface area contributed by atoms with Gasteiger partial charge in [-0.2, -0.15) is 0 Å². The van der Waals surface area contributed by atoms with Crippen LogP contribution in [0.3, 0.4) is 0 Å². The van der Waals surface area contributed by atoms with Crippen LogP contribution in [-0.4, -0.2) is 45.0 Å². The summed E-state index contributed by atoms with van der Waals surface area (Å²) in [6, 6.07) is -0.152. The van der Waals surface area contributed by atoms with Crippen LogP contribution in [0.25, 0.3) is 0 Å². The first kappa shape index (κ1) is 13.4. The summed E-state index contributed by atoms with van der Waals surface area (Å²) in [4.78, 5) is 11.8. The maximum Gasteiger partial charge on any atom is 0.224 e. The van der Waals surface area contributed by atoms with Crippen molar-refractivity contribution in [3.05, 3.63) is 0 Å². The Hall–Kier alpha value is -0.620. The summed E-state index contributed by atoms with van der Waals surface area (Å²) in [5, 5.41) is 5.94. The highest BCUT2D eigenvalue weighted by molar-refractivity contribution is 7.90. The van der Waals surface area contributed by atoms with Gasteiger partial charge >= 0.3 is 0 Å². The molecular formula is C10H20N2O3S. The second kappa shape index (κ2) is 5.14. The summed E-state index contributed by atoms with van der Waals surface area (Å²) in [6.45, 7) is 4.53. The lowest BCUT2D eigenvalue weighted by Gasteiger charge is -2.18. The van der Waals surface area contributed by atoms with Gasteiger partial charge < -0.3 is 10.6 Å². The molecule has 16 heavy (non-hydrogen) atoms. The topological polar surface area (TPSA) is 75.3 Å². The van der Waals surface area contributed by atoms with Crippen LogP contribution >= 0.6 is 0 Å². The van der Waals surface area contributed by atoms with Crippen molar-refractivity contribution in [2.45, 2.75) is 32.4 Å². The molecule has 0 bridgehead atoms. The molecule has 0 radical (unpaired) electrons. The molecule has 0 aromatic rings. The van der Waals surface area contributed by atoms with Gasteiger partial charge in [0.05, 0.1) is 11.7 Å². The molecule has 3 unspecified atom stereocenters. The van der Waals surface area contributed by atoms with Gasteiger partial charge in [0, 0.05) is 18.3 Å². The lowest BCUT2D eigenvalue weighted by molar-refractivity contribution is -0.125. The van der Waals surface area contributed by atoms with Crippen LogP contribution in [0, 0.1) is 5.92 Å². The zero-order valence-electron chi connectivity index (χ0n) is 9.99. The summed E-state index contributed by atoms with van der Waals surface area (Å²) in [7, 11) is -3.04. The third kappa shape index (κ3) is 4.09. The van der Waals surface area contributed by atoms with Gasteiger partial charge in [-0.15, -0.1) is 0 Å². The number of carbonyl (C=O) groups is 1. The maximum atomic E-state index is 11.8. The van der Waals surface area contributed by atoms with Gasteiger partial charge in [0.1, 0.15) is 9.84 Å². The van der Waals surface area contributed by atoms with Gasteiger partial charge in [-0.05, 0) is 26.8 Å². The van der Waals surface area contributed by atoms with Gasteiger partial charge in [-0.25, -0.2) is 8.42 Å². The van der Waals surface area contributed by atoms with Gasteiger partial charge in [0.25, 0.3) is 0 Å². The molecule has 2 N–H and O–H groups in total. The molecule has 0 spiro atoms. The first-order valence-electron chi connectivity index (χ1n) is 5.51. The Morgan fingerprint density at radius 3 is 2.62 bits per heavy atom. The van der Waals surface area contributed by atoms with Crippen molar-refractivity contribution >= 4 is 15.7 Å². The normalized spacial score (nSPS) is 27.7. The van der Waals surface area contributed by atoms with Crippen molar-refractivity contribution in [2.75, 3.05) is 18.6 Å². The van der Waals surface area contributed by atoms with E-state index in [4.69, 9.17) is 0 Å². The fourth-order valence-corrected chi connectivity index (χ4v) is 3.05. The molecule has 1 rings (SSSR count). The third-order valence-electron chi connectivity index (χ3n) is 2.80. The molecule has 0 aliphatic carbocycles. The average Bonchev–Trinajstić information content (AvgIpc) is 2.47. The summed E-state index contributed by atoms with van der Waals surface area (Å²) in [6.07, 6.45) is 1.99. The highest BCUT2D eigenvalue weighted by Gasteiger charge is 2.30. The summed E-state index contributed by atoms with van der Waals surface area (Å²) in [5.74, 6) is -0.0940. The second-order valence-corrected chi connectivity index (χ2v) is 6.82. The number of hydrogen-bond donors (Lipinski definition) is 2. The molecule has 1 fully saturated rings. The van der Waals surface area contributed by atoms with E-state index in [0.717, 1.165) is 13.0 Å². The van der Waals surface area contributed by atoms with Crippen LogP contribution in [0.5, 0.6) is 0 Å². The summed E-state index contributed by atoms with van der Waals surface area (Å²) >= 11 is 0. The Morgan fingerprint density at radius 2 is 2.19 bits per heavy atom. The van der Waals surface area contributed by atoms with Crippen molar-refractivity contribution in [3.63, 3.8) is 0 Å². The van der Waals surface area contributed by atoms with Crippen molar-refractivity contribution in [2.24, 2.45) is 5.92 Å². The van der Waals surface area contributed by atoms with Crippen LogP contribution in [-0.2, 0) is 14.6 Å². The lowest BCUT2D eigenvalue weighted by Crippen LogP contribution is -2.43. The van der Waals surface area contributed by atoms with E-state index in [1.807, 2.05) is 6.92 Å². The molecule has 0 aromatic heterocycles. The van der Waals surface area contributed by atoms with Gasteiger partial charge in [0.15, 0.2) is 0 Å². The predicted octanol–water partition coefficient (Wildman–Crippen LogP) is -0.466. The summed E-state index contributed by atoms with van der Waals surface area (Å²) < 4.78 is 22.1. The van der Waals surface area contributed by atoms with Crippen LogP contribution in [0.2, 0.25) is 0 Å². The lowest BCUT2D eigenvalue weighted by atomic mass is 10.0. The number of sulfone groups is 1. The number of rotatable bonds is 4. The van der Waals surface area contributed by atoms with Gasteiger partial charge in [0.2, 0.25) is 5.91 Å². The van der Waals surface area contributed by atoms with E-state index < -0.39 is 9.84 Å². The zero-order chi connectivity index (χ0) is 12.3. The molecule has 94 valence electrons. The highest BCUT2D eigenvalue weighted by atomic mass is 32.2. The van der Waals surface area contributed by atoms with E-state index in [1.165, 1.54) is 6.26 Å². The van der Waals surface area contributed by atoms with Crippen molar-refractivity contribution in [1.82, 2.24) is 10.6 Å². The molecule has 6 heteroatoms. The van der Waals surface area contributed by atoms with E-state index in [1.54, 1.807) is 6.92 Å². The van der Waals surface area contributed by atoms with Crippen molar-refractivity contribution in [1.29, 1.82) is 0 Å². The Kier molecular flexibility index (Phi) is 4.32. The monoisotopic (exact) mass is 248 g/mol. The fourth-order valence-electron chi connectivity index (χ4n) is 2.06. The number of carbonyl (C=O) groups excluding carboxylic acids is 1. The van der Waals surface area contributed by atoms with Gasteiger partial charge in [-0.3, -0.25) is 4.79 Å². The Labute approximate surface area is 96.9 Å². The van der Waals surface area contributed by atoms with Crippen LogP contribution < -0.4 is 10.6 Å². The van der Waals surface area contributed by atoms with E-state index in [9.17, 15) is 13.2 Å². The van der Waals surface area contributed by atoms with E-state index in [2.05, 4.69) is 10.6 Å². The third-order valence-corrected chi connectivity index (χ3v) is 3.91. The number of amides is 1. The molecule has 1 aliphatic rings. The molecule has 5 nitrogen and oxygen atoms in total. The minimum absolute atomic E-state index is 0.00668. The molecule has 1 heterocycles. The van der Waals surface area contributed by atoms with E-state index in [-0.39, 0.29) is 29.7 Å². The quantitative estimate of drug-likeness (QED) is 0.705. The Morgan fingerprint density at radius 1 is 1.56 bits per heavy atom. The van der Waals surface area contributed by atoms with Gasteiger partial charge in [-0.1, -0.05) is 0 Å². The predicted molar refractivity (Wildman–Crippen MR) is 62.9 cm³/mol. The molecule has 0 aromatic carbocycles. The molecule has 1 aliphatic heterocycles. The summed E-state index contributed by atoms with van der Waals surface area (Å²) in [5.41, 5.74) is 0. The van der Waals surface area contributed by atoms with Crippen LogP contribution in [0.15, 0.2) is 0 Å². The van der Waals surface area contributed by atoms with E-state index >= 15 is 0 Å². The number of hydrogen-bond acceptors (Lipinski definition) is 4. The Bertz CT molecular complexity index is 353. The molecular weight excluding hydrogens is 228 g/mol. The second-order valence-electron chi connectivity index (χ2n) is 4.64. The van der Waals surface area contributed by atoms with Crippen molar-refractivity contribution < 1.29 is 13.2 Å². The van der Waals surface area contributed by atoms with Crippen molar-refractivity contribution in [3.8, 4) is 0 Å². The first-order chi connectivity index (χ1) is 7.29. The minimum Gasteiger partial charge on any atom is -0.352 e. The molecule has 1 amide bonds. The number of nitrogens with one attached hydrogen (secondary N) is 2.